The first-order valence-electron chi connectivity index (χ1n) is 12.7. The number of hydrogen-bond acceptors (Lipinski definition) is 1. The molecule has 0 aromatic rings. The molecule has 0 aromatic heterocycles. The average molecular weight is 423 g/mol. The van der Waals surface area contributed by atoms with Crippen LogP contribution in [0.15, 0.2) is 11.6 Å². The molecule has 0 heterocycles. The topological polar surface area (TPSA) is 20.2 Å². The van der Waals surface area contributed by atoms with E-state index in [2.05, 4.69) is 26.8 Å². The highest BCUT2D eigenvalue weighted by atomic mass is 19.3. The van der Waals surface area contributed by atoms with Gasteiger partial charge in [0, 0.05) is 12.3 Å². The Kier molecular flexibility index (Phi) is 5.95. The first-order chi connectivity index (χ1) is 14.0. The zero-order valence-electron chi connectivity index (χ0n) is 19.9. The molecular formula is C27H44F2O. The van der Waals surface area contributed by atoms with Gasteiger partial charge < -0.3 is 5.11 Å². The van der Waals surface area contributed by atoms with Crippen LogP contribution >= 0.6 is 0 Å². The van der Waals surface area contributed by atoms with Crippen LogP contribution in [0.5, 0.6) is 0 Å². The van der Waals surface area contributed by atoms with Gasteiger partial charge in [-0.15, -0.1) is 0 Å². The van der Waals surface area contributed by atoms with E-state index in [0.717, 1.165) is 37.0 Å². The Morgan fingerprint density at radius 3 is 2.50 bits per heavy atom. The van der Waals surface area contributed by atoms with Gasteiger partial charge >= 0.3 is 0 Å². The number of alkyl halides is 2. The predicted octanol–water partition coefficient (Wildman–Crippen LogP) is 7.63. The van der Waals surface area contributed by atoms with Crippen molar-refractivity contribution >= 4 is 0 Å². The van der Waals surface area contributed by atoms with Gasteiger partial charge in [-0.25, -0.2) is 8.78 Å². The van der Waals surface area contributed by atoms with Crippen molar-refractivity contribution in [1.82, 2.24) is 0 Å². The first-order valence-corrected chi connectivity index (χ1v) is 12.7. The molecule has 0 radical (unpaired) electrons. The molecule has 0 saturated heterocycles. The van der Waals surface area contributed by atoms with Crippen LogP contribution in [0.3, 0.4) is 0 Å². The van der Waals surface area contributed by atoms with Gasteiger partial charge in [-0.1, -0.05) is 46.3 Å². The Morgan fingerprint density at radius 2 is 1.80 bits per heavy atom. The number of rotatable bonds is 5. The number of halogens is 2. The lowest BCUT2D eigenvalue weighted by Crippen LogP contribution is -2.50. The highest BCUT2D eigenvalue weighted by Crippen LogP contribution is 2.67. The van der Waals surface area contributed by atoms with Gasteiger partial charge in [0.05, 0.1) is 6.10 Å². The highest BCUT2D eigenvalue weighted by molar-refractivity contribution is 5.25. The number of aliphatic hydroxyl groups excluding tert-OH is 1. The molecule has 4 rings (SSSR count). The number of aliphatic hydroxyl groups is 1. The second kappa shape index (κ2) is 7.85. The second-order valence-electron chi connectivity index (χ2n) is 12.3. The minimum Gasteiger partial charge on any atom is -0.393 e. The molecule has 0 aliphatic heterocycles. The van der Waals surface area contributed by atoms with Crippen molar-refractivity contribution in [1.29, 1.82) is 0 Å². The standard InChI is InChI=1S/C27H44F2O/c1-17(2)27(28,29)15-10-18(3)22-8-9-23-21-7-6-19-16-20(30)11-13-25(19,4)24(21)12-14-26(22,23)5/h6,17-18,20-24,30H,7-16H2,1-5H3/t18-,20+,21+,22-,23+,24+,25?,26-/m1/s1. The lowest BCUT2D eigenvalue weighted by atomic mass is 9.47. The summed E-state index contributed by atoms with van der Waals surface area (Å²) in [6, 6.07) is 0. The van der Waals surface area contributed by atoms with E-state index in [1.54, 1.807) is 13.8 Å². The third kappa shape index (κ3) is 3.59. The van der Waals surface area contributed by atoms with Crippen LogP contribution in [-0.4, -0.2) is 17.1 Å². The van der Waals surface area contributed by atoms with E-state index >= 15 is 0 Å². The van der Waals surface area contributed by atoms with Crippen LogP contribution in [0, 0.1) is 46.3 Å². The maximum Gasteiger partial charge on any atom is 0.250 e. The van der Waals surface area contributed by atoms with Crippen LogP contribution in [0.25, 0.3) is 0 Å². The summed E-state index contributed by atoms with van der Waals surface area (Å²) in [7, 11) is 0. The van der Waals surface area contributed by atoms with Crippen molar-refractivity contribution in [2.75, 3.05) is 0 Å². The first kappa shape index (κ1) is 22.7. The molecule has 4 aliphatic rings. The lowest BCUT2D eigenvalue weighted by molar-refractivity contribution is -0.0709. The number of fused-ring (bicyclic) bond motifs is 5. The molecule has 1 nitrogen and oxygen atoms in total. The summed E-state index contributed by atoms with van der Waals surface area (Å²) in [6.07, 6.45) is 12.3. The summed E-state index contributed by atoms with van der Waals surface area (Å²) in [4.78, 5) is 0. The Bertz CT molecular complexity index is 670. The average Bonchev–Trinajstić information content (AvgIpc) is 3.04. The van der Waals surface area contributed by atoms with E-state index < -0.39 is 11.8 Å². The van der Waals surface area contributed by atoms with Gasteiger partial charge in [0.2, 0.25) is 5.92 Å². The van der Waals surface area contributed by atoms with Gasteiger partial charge in [-0.2, -0.15) is 0 Å². The molecule has 0 bridgehead atoms. The van der Waals surface area contributed by atoms with Crippen molar-refractivity contribution in [3.05, 3.63) is 11.6 Å². The molecule has 0 spiro atoms. The maximum atomic E-state index is 14.2. The van der Waals surface area contributed by atoms with Crippen molar-refractivity contribution in [3.8, 4) is 0 Å². The molecule has 3 saturated carbocycles. The Labute approximate surface area is 183 Å². The van der Waals surface area contributed by atoms with Gasteiger partial charge in [0.15, 0.2) is 0 Å². The molecule has 1 unspecified atom stereocenters. The molecular weight excluding hydrogens is 378 g/mol. The van der Waals surface area contributed by atoms with Crippen LogP contribution < -0.4 is 0 Å². The minimum atomic E-state index is -2.53. The normalized spacial score (nSPS) is 44.8. The molecule has 1 N–H and O–H groups in total. The van der Waals surface area contributed by atoms with E-state index in [0.29, 0.717) is 23.7 Å². The van der Waals surface area contributed by atoms with Gasteiger partial charge in [-0.3, -0.25) is 0 Å². The fourth-order valence-electron chi connectivity index (χ4n) is 8.53. The third-order valence-corrected chi connectivity index (χ3v) is 10.6. The molecule has 3 heteroatoms. The van der Waals surface area contributed by atoms with Crippen LogP contribution in [0.1, 0.15) is 98.8 Å². The predicted molar refractivity (Wildman–Crippen MR) is 119 cm³/mol. The summed E-state index contributed by atoms with van der Waals surface area (Å²) >= 11 is 0. The number of allylic oxidation sites excluding steroid dienone is 1. The van der Waals surface area contributed by atoms with Crippen molar-refractivity contribution in [2.24, 2.45) is 46.3 Å². The van der Waals surface area contributed by atoms with E-state index in [1.165, 1.54) is 37.7 Å². The molecule has 172 valence electrons. The summed E-state index contributed by atoms with van der Waals surface area (Å²) in [5.74, 6) is 0.134. The van der Waals surface area contributed by atoms with Gasteiger partial charge in [-0.05, 0) is 98.2 Å². The van der Waals surface area contributed by atoms with Gasteiger partial charge in [0.25, 0.3) is 0 Å². The molecule has 3 fully saturated rings. The van der Waals surface area contributed by atoms with E-state index in [9.17, 15) is 13.9 Å². The SMILES string of the molecule is CC(C)C(F)(F)CC[C@@H](C)[C@H]1CC[C@H]2[C@@H]3CC=C4C[C@@H](O)CCC4(C)[C@H]3CC[C@]12C. The Balaban J connectivity index is 1.49. The fourth-order valence-corrected chi connectivity index (χ4v) is 8.53. The van der Waals surface area contributed by atoms with E-state index in [1.807, 2.05) is 0 Å². The van der Waals surface area contributed by atoms with E-state index in [4.69, 9.17) is 0 Å². The molecule has 8 atom stereocenters. The molecule has 4 aliphatic carbocycles. The molecule has 30 heavy (non-hydrogen) atoms. The van der Waals surface area contributed by atoms with Gasteiger partial charge in [0.1, 0.15) is 0 Å². The van der Waals surface area contributed by atoms with Crippen LogP contribution in [-0.2, 0) is 0 Å². The molecule has 0 amide bonds. The van der Waals surface area contributed by atoms with Crippen molar-refractivity contribution in [3.63, 3.8) is 0 Å². The lowest BCUT2D eigenvalue weighted by Gasteiger charge is -2.58. The molecule has 0 aromatic carbocycles. The zero-order chi connectivity index (χ0) is 21.9. The van der Waals surface area contributed by atoms with Crippen molar-refractivity contribution in [2.45, 2.75) is 111 Å². The third-order valence-electron chi connectivity index (χ3n) is 10.6. The minimum absolute atomic E-state index is 0.0433. The fraction of sp³-hybridized carbons (Fsp3) is 0.926. The summed E-state index contributed by atoms with van der Waals surface area (Å²) in [5.41, 5.74) is 2.14. The quantitative estimate of drug-likeness (QED) is 0.451. The Morgan fingerprint density at radius 1 is 1.07 bits per heavy atom. The summed E-state index contributed by atoms with van der Waals surface area (Å²) in [5, 5.41) is 10.2. The van der Waals surface area contributed by atoms with Crippen LogP contribution in [0.4, 0.5) is 8.78 Å². The Hall–Kier alpha value is -0.440. The summed E-state index contributed by atoms with van der Waals surface area (Å²) in [6.45, 7) is 10.5. The van der Waals surface area contributed by atoms with Crippen LogP contribution in [0.2, 0.25) is 0 Å². The maximum absolute atomic E-state index is 14.2. The largest absolute Gasteiger partial charge is 0.393 e. The zero-order valence-corrected chi connectivity index (χ0v) is 19.9. The van der Waals surface area contributed by atoms with Crippen molar-refractivity contribution < 1.29 is 13.9 Å². The monoisotopic (exact) mass is 422 g/mol. The van der Waals surface area contributed by atoms with E-state index in [-0.39, 0.29) is 17.9 Å². The second-order valence-corrected chi connectivity index (χ2v) is 12.3. The highest BCUT2D eigenvalue weighted by Gasteiger charge is 2.59. The summed E-state index contributed by atoms with van der Waals surface area (Å²) < 4.78 is 28.5. The number of hydrogen-bond donors (Lipinski definition) is 1. The smallest absolute Gasteiger partial charge is 0.250 e.